The molecule has 1 fully saturated rings. The Morgan fingerprint density at radius 3 is 1.67 bits per heavy atom. The number of ether oxygens (including phenoxy) is 2. The topological polar surface area (TPSA) is 93.1 Å². The smallest absolute Gasteiger partial charge is 0.396 e. The molecule has 0 aromatic heterocycles. The predicted molar refractivity (Wildman–Crippen MR) is 61.2 cm³/mol. The number of hydrogen-bond acceptors (Lipinski definition) is 6. The van der Waals surface area contributed by atoms with Gasteiger partial charge in [-0.25, -0.2) is 0 Å². The molecule has 18 heavy (non-hydrogen) atoms. The maximum Gasteiger partial charge on any atom is 0.398 e. The molecule has 2 N–H and O–H groups in total. The van der Waals surface area contributed by atoms with Crippen LogP contribution in [-0.2, 0) is 19.1 Å². The van der Waals surface area contributed by atoms with Gasteiger partial charge in [-0.05, 0) is 12.8 Å². The third-order valence-electron chi connectivity index (χ3n) is 2.76. The molecule has 0 unspecified atom stereocenters. The molecular formula is C12H20O6. The fourth-order valence-corrected chi connectivity index (χ4v) is 1.79. The molecule has 0 bridgehead atoms. The van der Waals surface area contributed by atoms with Crippen molar-refractivity contribution >= 4 is 11.9 Å². The lowest BCUT2D eigenvalue weighted by Crippen LogP contribution is -2.43. The first-order chi connectivity index (χ1) is 8.56. The van der Waals surface area contributed by atoms with E-state index >= 15 is 0 Å². The summed E-state index contributed by atoms with van der Waals surface area (Å²) >= 11 is 0. The van der Waals surface area contributed by atoms with E-state index in [1.165, 1.54) is 0 Å². The van der Waals surface area contributed by atoms with E-state index in [1.54, 1.807) is 0 Å². The number of aliphatic hydroxyl groups is 2. The monoisotopic (exact) mass is 260 g/mol. The highest BCUT2D eigenvalue weighted by Gasteiger charge is 2.35. The maximum atomic E-state index is 11.4. The first kappa shape index (κ1) is 14.9. The predicted octanol–water partition coefficient (Wildman–Crippen LogP) is 0.846. The Morgan fingerprint density at radius 1 is 0.889 bits per heavy atom. The summed E-state index contributed by atoms with van der Waals surface area (Å²) in [7, 11) is 0. The Labute approximate surface area is 106 Å². The van der Waals surface area contributed by atoms with Gasteiger partial charge < -0.3 is 19.7 Å². The molecule has 0 amide bonds. The van der Waals surface area contributed by atoms with Crippen LogP contribution in [0, 0.1) is 0 Å². The Kier molecular flexibility index (Phi) is 6.07. The van der Waals surface area contributed by atoms with Crippen molar-refractivity contribution in [2.24, 2.45) is 0 Å². The van der Waals surface area contributed by atoms with E-state index in [0.29, 0.717) is 12.8 Å². The van der Waals surface area contributed by atoms with Crippen molar-refractivity contribution in [2.45, 2.75) is 57.3 Å². The van der Waals surface area contributed by atoms with Crippen LogP contribution in [0.2, 0.25) is 0 Å². The van der Waals surface area contributed by atoms with E-state index in [9.17, 15) is 14.7 Å². The Bertz CT molecular complexity index is 264. The third-order valence-corrected chi connectivity index (χ3v) is 2.76. The molecule has 1 aliphatic rings. The summed E-state index contributed by atoms with van der Waals surface area (Å²) in [5.41, 5.74) is 0. The standard InChI is InChI=1S/C12H20O6/c13-9-12(16)17-10(14)7-5-3-1-2-4-6-8-11(15)18-12/h13,16H,1-9H2. The summed E-state index contributed by atoms with van der Waals surface area (Å²) in [5.74, 6) is -3.90. The lowest BCUT2D eigenvalue weighted by atomic mass is 10.1. The number of esters is 2. The first-order valence-electron chi connectivity index (χ1n) is 6.33. The minimum Gasteiger partial charge on any atom is -0.396 e. The van der Waals surface area contributed by atoms with Crippen LogP contribution >= 0.6 is 0 Å². The van der Waals surface area contributed by atoms with Crippen LogP contribution in [0.25, 0.3) is 0 Å². The fourth-order valence-electron chi connectivity index (χ4n) is 1.79. The van der Waals surface area contributed by atoms with E-state index in [1.807, 2.05) is 0 Å². The molecule has 0 aliphatic carbocycles. The second-order valence-corrected chi connectivity index (χ2v) is 4.44. The number of carbonyl (C=O) groups excluding carboxylic acids is 2. The molecule has 6 nitrogen and oxygen atoms in total. The van der Waals surface area contributed by atoms with Crippen LogP contribution in [0.15, 0.2) is 0 Å². The van der Waals surface area contributed by atoms with Gasteiger partial charge in [0.05, 0.1) is 0 Å². The molecule has 0 spiro atoms. The molecule has 0 aromatic rings. The van der Waals surface area contributed by atoms with Crippen LogP contribution < -0.4 is 0 Å². The second kappa shape index (κ2) is 7.33. The largest absolute Gasteiger partial charge is 0.398 e. The molecule has 6 heteroatoms. The molecule has 1 rings (SSSR count). The SMILES string of the molecule is O=C1CCCCCCCCC(=O)OC(O)(CO)O1. The molecule has 0 saturated carbocycles. The fraction of sp³-hybridized carbons (Fsp3) is 0.833. The number of rotatable bonds is 1. The van der Waals surface area contributed by atoms with E-state index in [2.05, 4.69) is 9.47 Å². The van der Waals surface area contributed by atoms with E-state index < -0.39 is 24.5 Å². The maximum absolute atomic E-state index is 11.4. The molecule has 0 aromatic carbocycles. The summed E-state index contributed by atoms with van der Waals surface area (Å²) < 4.78 is 9.19. The van der Waals surface area contributed by atoms with Crippen molar-refractivity contribution in [3.05, 3.63) is 0 Å². The molecular weight excluding hydrogens is 240 g/mol. The Balaban J connectivity index is 2.61. The average Bonchev–Trinajstić information content (AvgIpc) is 2.32. The normalized spacial score (nSPS) is 23.0. The number of hydrogen-bond donors (Lipinski definition) is 2. The Hall–Kier alpha value is -1.14. The van der Waals surface area contributed by atoms with Gasteiger partial charge in [0, 0.05) is 12.8 Å². The second-order valence-electron chi connectivity index (χ2n) is 4.44. The van der Waals surface area contributed by atoms with Crippen molar-refractivity contribution in [3.8, 4) is 0 Å². The van der Waals surface area contributed by atoms with Crippen LogP contribution in [0.3, 0.4) is 0 Å². The van der Waals surface area contributed by atoms with Crippen LogP contribution in [-0.4, -0.2) is 34.7 Å². The highest BCUT2D eigenvalue weighted by atomic mass is 16.8. The average molecular weight is 260 g/mol. The zero-order valence-electron chi connectivity index (χ0n) is 10.4. The van der Waals surface area contributed by atoms with Gasteiger partial charge in [0.25, 0.3) is 0 Å². The molecule has 1 heterocycles. The Morgan fingerprint density at radius 2 is 1.28 bits per heavy atom. The lowest BCUT2D eigenvalue weighted by Gasteiger charge is -2.24. The summed E-state index contributed by atoms with van der Waals surface area (Å²) in [6.07, 6.45) is 5.42. The summed E-state index contributed by atoms with van der Waals surface area (Å²) in [4.78, 5) is 22.8. The van der Waals surface area contributed by atoms with Gasteiger partial charge in [-0.2, -0.15) is 0 Å². The van der Waals surface area contributed by atoms with Gasteiger partial charge in [0.1, 0.15) is 6.61 Å². The van der Waals surface area contributed by atoms with Crippen molar-refractivity contribution in [3.63, 3.8) is 0 Å². The van der Waals surface area contributed by atoms with Crippen LogP contribution in [0.4, 0.5) is 0 Å². The molecule has 0 atom stereocenters. The van der Waals surface area contributed by atoms with Crippen LogP contribution in [0.5, 0.6) is 0 Å². The zero-order chi connectivity index (χ0) is 13.4. The van der Waals surface area contributed by atoms with Gasteiger partial charge in [0.2, 0.25) is 0 Å². The van der Waals surface area contributed by atoms with Crippen molar-refractivity contribution in [1.82, 2.24) is 0 Å². The van der Waals surface area contributed by atoms with Gasteiger partial charge in [-0.15, -0.1) is 0 Å². The van der Waals surface area contributed by atoms with Crippen molar-refractivity contribution < 1.29 is 29.3 Å². The summed E-state index contributed by atoms with van der Waals surface area (Å²) in [6, 6.07) is 0. The van der Waals surface area contributed by atoms with E-state index in [0.717, 1.165) is 25.7 Å². The summed E-state index contributed by atoms with van der Waals surface area (Å²) in [6.45, 7) is -0.968. The number of aliphatic hydroxyl groups excluding tert-OH is 1. The van der Waals surface area contributed by atoms with Crippen molar-refractivity contribution in [1.29, 1.82) is 0 Å². The first-order valence-corrected chi connectivity index (χ1v) is 6.33. The zero-order valence-corrected chi connectivity index (χ0v) is 10.4. The molecule has 104 valence electrons. The van der Waals surface area contributed by atoms with Gasteiger partial charge in [-0.1, -0.05) is 25.7 Å². The highest BCUT2D eigenvalue weighted by Crippen LogP contribution is 2.16. The van der Waals surface area contributed by atoms with E-state index in [-0.39, 0.29) is 12.8 Å². The van der Waals surface area contributed by atoms with Gasteiger partial charge in [-0.3, -0.25) is 9.59 Å². The number of carbonyl (C=O) groups is 2. The van der Waals surface area contributed by atoms with Gasteiger partial charge in [0.15, 0.2) is 0 Å². The van der Waals surface area contributed by atoms with Gasteiger partial charge >= 0.3 is 17.9 Å². The minimum absolute atomic E-state index is 0.139. The summed E-state index contributed by atoms with van der Waals surface area (Å²) in [5, 5.41) is 18.6. The highest BCUT2D eigenvalue weighted by molar-refractivity contribution is 5.71. The quantitative estimate of drug-likeness (QED) is 0.679. The minimum atomic E-state index is -2.54. The molecule has 0 radical (unpaired) electrons. The molecule has 1 aliphatic heterocycles. The lowest BCUT2D eigenvalue weighted by molar-refractivity contribution is -0.337. The van der Waals surface area contributed by atoms with Crippen molar-refractivity contribution in [2.75, 3.05) is 6.61 Å². The molecule has 1 saturated heterocycles. The van der Waals surface area contributed by atoms with Crippen LogP contribution in [0.1, 0.15) is 51.4 Å². The number of cyclic esters (lactones) is 2. The van der Waals surface area contributed by atoms with E-state index in [4.69, 9.17) is 5.11 Å². The third kappa shape index (κ3) is 5.46.